The monoisotopic (exact) mass is 581 g/mol. The molecule has 41 heavy (non-hydrogen) atoms. The van der Waals surface area contributed by atoms with E-state index in [-0.39, 0.29) is 43.7 Å². The summed E-state index contributed by atoms with van der Waals surface area (Å²) >= 11 is 0. The van der Waals surface area contributed by atoms with Crippen LogP contribution >= 0.6 is 0 Å². The van der Waals surface area contributed by atoms with Gasteiger partial charge in [-0.3, -0.25) is 19.3 Å². The summed E-state index contributed by atoms with van der Waals surface area (Å²) in [5.41, 5.74) is 0.289. The number of amides is 2. The summed E-state index contributed by atoms with van der Waals surface area (Å²) in [4.78, 5) is 47.4. The standard InChI is InChI=1S/C28H39NO12/c30-25-6-7-26(31)29(25)8-9-34-10-11-35-12-13-36-14-15-37-16-17-38-18-19-39-20-21-40-22-23-41-28(33)27(32)24-4-2-1-3-5-24/h1-7H,8-23H2. The maximum absolute atomic E-state index is 11.9. The van der Waals surface area contributed by atoms with Gasteiger partial charge in [-0.1, -0.05) is 30.3 Å². The van der Waals surface area contributed by atoms with Gasteiger partial charge in [0.15, 0.2) is 0 Å². The molecule has 0 aromatic heterocycles. The molecule has 1 aromatic carbocycles. The number of ketones is 1. The van der Waals surface area contributed by atoms with Gasteiger partial charge in [-0.05, 0) is 0 Å². The lowest BCUT2D eigenvalue weighted by molar-refractivity contribution is -0.140. The maximum Gasteiger partial charge on any atom is 0.379 e. The van der Waals surface area contributed by atoms with Crippen LogP contribution in [0.1, 0.15) is 10.4 Å². The molecule has 2 amide bonds. The zero-order valence-electron chi connectivity index (χ0n) is 23.2. The van der Waals surface area contributed by atoms with Crippen LogP contribution in [0.25, 0.3) is 0 Å². The highest BCUT2D eigenvalue weighted by Gasteiger charge is 2.22. The third-order valence-electron chi connectivity index (χ3n) is 5.27. The number of carbonyl (C=O) groups excluding carboxylic acids is 4. The summed E-state index contributed by atoms with van der Waals surface area (Å²) in [6.45, 7) is 5.56. The Hall–Kier alpha value is -3.04. The number of Topliss-reactive ketones (excluding diaryl/α,β-unsaturated/α-hetero) is 1. The fourth-order valence-electron chi connectivity index (χ4n) is 3.20. The van der Waals surface area contributed by atoms with Crippen LogP contribution in [0.4, 0.5) is 0 Å². The van der Waals surface area contributed by atoms with E-state index in [4.69, 9.17) is 37.9 Å². The van der Waals surface area contributed by atoms with Crippen LogP contribution in [0.5, 0.6) is 0 Å². The van der Waals surface area contributed by atoms with E-state index in [2.05, 4.69) is 0 Å². The van der Waals surface area contributed by atoms with E-state index >= 15 is 0 Å². The molecule has 0 saturated carbocycles. The van der Waals surface area contributed by atoms with Crippen molar-refractivity contribution in [3.05, 3.63) is 48.0 Å². The molecule has 0 N–H and O–H groups in total. The lowest BCUT2D eigenvalue weighted by Gasteiger charge is -2.13. The highest BCUT2D eigenvalue weighted by atomic mass is 16.6. The first-order chi connectivity index (χ1) is 20.1. The second-order valence-electron chi connectivity index (χ2n) is 8.28. The second kappa shape index (κ2) is 22.6. The van der Waals surface area contributed by atoms with Gasteiger partial charge in [0.2, 0.25) is 0 Å². The molecule has 1 aliphatic rings. The van der Waals surface area contributed by atoms with Gasteiger partial charge in [-0.15, -0.1) is 0 Å². The number of hydrogen-bond donors (Lipinski definition) is 0. The number of ether oxygens (including phenoxy) is 8. The van der Waals surface area contributed by atoms with Crippen LogP contribution in [0.15, 0.2) is 42.5 Å². The van der Waals surface area contributed by atoms with Crippen LogP contribution in [-0.4, -0.2) is 134 Å². The normalized spacial score (nSPS) is 12.8. The minimum Gasteiger partial charge on any atom is -0.457 e. The molecule has 0 bridgehead atoms. The van der Waals surface area contributed by atoms with Gasteiger partial charge in [-0.25, -0.2) is 4.79 Å². The van der Waals surface area contributed by atoms with Gasteiger partial charge in [0.25, 0.3) is 17.6 Å². The van der Waals surface area contributed by atoms with Gasteiger partial charge < -0.3 is 37.9 Å². The summed E-state index contributed by atoms with van der Waals surface area (Å²) in [5.74, 6) is -2.22. The number of hydrogen-bond acceptors (Lipinski definition) is 12. The number of imide groups is 1. The molecule has 0 radical (unpaired) electrons. The molecule has 0 saturated heterocycles. The smallest absolute Gasteiger partial charge is 0.379 e. The van der Waals surface area contributed by atoms with Crippen LogP contribution in [0.2, 0.25) is 0 Å². The minimum atomic E-state index is -0.905. The number of esters is 1. The highest BCUT2D eigenvalue weighted by molar-refractivity contribution is 6.40. The minimum absolute atomic E-state index is 0.0105. The van der Waals surface area contributed by atoms with Crippen LogP contribution in [0.3, 0.4) is 0 Å². The summed E-state index contributed by atoms with van der Waals surface area (Å²) < 4.78 is 42.6. The molecule has 0 atom stereocenters. The molecule has 228 valence electrons. The predicted molar refractivity (Wildman–Crippen MR) is 143 cm³/mol. The van der Waals surface area contributed by atoms with Crippen molar-refractivity contribution in [2.45, 2.75) is 0 Å². The van der Waals surface area contributed by atoms with Gasteiger partial charge in [0.1, 0.15) is 6.61 Å². The first-order valence-corrected chi connectivity index (χ1v) is 13.4. The van der Waals surface area contributed by atoms with Crippen LogP contribution in [0, 0.1) is 0 Å². The predicted octanol–water partition coefficient (Wildman–Crippen LogP) is 0.454. The summed E-state index contributed by atoms with van der Waals surface area (Å²) in [6, 6.07) is 8.22. The third-order valence-corrected chi connectivity index (χ3v) is 5.27. The second-order valence-corrected chi connectivity index (χ2v) is 8.28. The average molecular weight is 582 g/mol. The average Bonchev–Trinajstić information content (AvgIpc) is 3.31. The van der Waals surface area contributed by atoms with Crippen molar-refractivity contribution in [1.29, 1.82) is 0 Å². The van der Waals surface area contributed by atoms with E-state index in [9.17, 15) is 19.2 Å². The zero-order chi connectivity index (χ0) is 29.4. The van der Waals surface area contributed by atoms with Crippen molar-refractivity contribution in [2.75, 3.05) is 106 Å². The molecule has 13 heteroatoms. The molecular weight excluding hydrogens is 542 g/mol. The molecule has 2 rings (SSSR count). The fraction of sp³-hybridized carbons (Fsp3) is 0.571. The van der Waals surface area contributed by atoms with Crippen LogP contribution in [-0.2, 0) is 52.3 Å². The van der Waals surface area contributed by atoms with Gasteiger partial charge in [0, 0.05) is 17.7 Å². The van der Waals surface area contributed by atoms with E-state index in [0.717, 1.165) is 4.90 Å². The van der Waals surface area contributed by atoms with E-state index in [0.29, 0.717) is 79.3 Å². The van der Waals surface area contributed by atoms with Crippen molar-refractivity contribution in [2.24, 2.45) is 0 Å². The number of nitrogens with zero attached hydrogens (tertiary/aromatic N) is 1. The highest BCUT2D eigenvalue weighted by Crippen LogP contribution is 2.03. The topological polar surface area (TPSA) is 145 Å². The van der Waals surface area contributed by atoms with Crippen LogP contribution < -0.4 is 0 Å². The fourth-order valence-corrected chi connectivity index (χ4v) is 3.20. The Morgan fingerprint density at radius 3 is 1.29 bits per heavy atom. The molecule has 0 spiro atoms. The molecule has 13 nitrogen and oxygen atoms in total. The van der Waals surface area contributed by atoms with E-state index in [1.807, 2.05) is 0 Å². The van der Waals surface area contributed by atoms with E-state index in [1.165, 1.54) is 12.2 Å². The Bertz CT molecular complexity index is 906. The first-order valence-electron chi connectivity index (χ1n) is 13.4. The first kappa shape index (κ1) is 34.2. The van der Waals surface area contributed by atoms with Crippen molar-refractivity contribution in [3.63, 3.8) is 0 Å². The van der Waals surface area contributed by atoms with Gasteiger partial charge in [0.05, 0.1) is 99.0 Å². The number of rotatable bonds is 26. The molecule has 1 aliphatic heterocycles. The van der Waals surface area contributed by atoms with Gasteiger partial charge >= 0.3 is 5.97 Å². The van der Waals surface area contributed by atoms with Crippen molar-refractivity contribution >= 4 is 23.6 Å². The number of benzene rings is 1. The Kier molecular flexibility index (Phi) is 18.9. The third kappa shape index (κ3) is 16.1. The Morgan fingerprint density at radius 2 is 0.878 bits per heavy atom. The molecular formula is C28H39NO12. The van der Waals surface area contributed by atoms with Crippen molar-refractivity contribution in [1.82, 2.24) is 4.90 Å². The zero-order valence-corrected chi connectivity index (χ0v) is 23.2. The quantitative estimate of drug-likeness (QED) is 0.0492. The molecule has 1 heterocycles. The van der Waals surface area contributed by atoms with E-state index < -0.39 is 11.8 Å². The Morgan fingerprint density at radius 1 is 0.512 bits per heavy atom. The summed E-state index contributed by atoms with van der Waals surface area (Å²) in [6.07, 6.45) is 2.49. The van der Waals surface area contributed by atoms with Crippen molar-refractivity contribution in [3.8, 4) is 0 Å². The summed E-state index contributed by atoms with van der Waals surface area (Å²) in [7, 11) is 0. The molecule has 0 unspecified atom stereocenters. The largest absolute Gasteiger partial charge is 0.457 e. The maximum atomic E-state index is 11.9. The molecule has 1 aromatic rings. The lowest BCUT2D eigenvalue weighted by Crippen LogP contribution is -2.33. The molecule has 0 fully saturated rings. The Labute approximate surface area is 239 Å². The number of carbonyl (C=O) groups is 4. The summed E-state index contributed by atoms with van der Waals surface area (Å²) in [5, 5.41) is 0. The van der Waals surface area contributed by atoms with Gasteiger partial charge in [-0.2, -0.15) is 0 Å². The van der Waals surface area contributed by atoms with E-state index in [1.54, 1.807) is 30.3 Å². The van der Waals surface area contributed by atoms with Crippen molar-refractivity contribution < 1.29 is 57.1 Å². The lowest BCUT2D eigenvalue weighted by atomic mass is 10.1. The Balaban J connectivity index is 1.21. The molecule has 0 aliphatic carbocycles. The SMILES string of the molecule is O=C(OCCOCCOCCOCCOCCOCCOCCOCCN1C(=O)C=CC1=O)C(=O)c1ccccc1.